The Kier molecular flexibility index (Phi) is 8.16. The highest BCUT2D eigenvalue weighted by Gasteiger charge is 2.28. The molecule has 2 amide bonds. The zero-order chi connectivity index (χ0) is 29.1. The van der Waals surface area contributed by atoms with Crippen molar-refractivity contribution in [3.05, 3.63) is 100 Å². The van der Waals surface area contributed by atoms with Gasteiger partial charge < -0.3 is 20.4 Å². The van der Waals surface area contributed by atoms with Crippen molar-refractivity contribution in [1.82, 2.24) is 9.88 Å². The van der Waals surface area contributed by atoms with Gasteiger partial charge in [-0.1, -0.05) is 56.3 Å². The number of carboxylic acid groups (broad SMARTS) is 1. The minimum Gasteiger partial charge on any atom is -0.593 e. The number of carboxylic acids is 1. The van der Waals surface area contributed by atoms with Gasteiger partial charge in [0.2, 0.25) is 0 Å². The van der Waals surface area contributed by atoms with Crippen LogP contribution in [0.25, 0.3) is 10.4 Å². The van der Waals surface area contributed by atoms with Crippen LogP contribution in [0.5, 0.6) is 5.75 Å². The van der Waals surface area contributed by atoms with E-state index in [0.29, 0.717) is 24.5 Å². The molecule has 0 unspecified atom stereocenters. The topological polar surface area (TPSA) is 123 Å². The monoisotopic (exact) mass is 570 g/mol. The molecule has 0 bridgehead atoms. The molecule has 210 valence electrons. The van der Waals surface area contributed by atoms with Crippen molar-refractivity contribution in [1.29, 1.82) is 0 Å². The third-order valence-electron chi connectivity index (χ3n) is 7.31. The van der Waals surface area contributed by atoms with Crippen molar-refractivity contribution < 1.29 is 24.6 Å². The summed E-state index contributed by atoms with van der Waals surface area (Å²) in [5.74, 6) is -1.06. The van der Waals surface area contributed by atoms with Crippen LogP contribution in [-0.2, 0) is 0 Å². The number of piperidine rings is 1. The van der Waals surface area contributed by atoms with Crippen molar-refractivity contribution in [2.24, 2.45) is 0 Å². The van der Waals surface area contributed by atoms with Crippen molar-refractivity contribution in [3.63, 3.8) is 0 Å². The van der Waals surface area contributed by atoms with Gasteiger partial charge in [-0.05, 0) is 54.2 Å². The van der Waals surface area contributed by atoms with E-state index < -0.39 is 5.97 Å². The van der Waals surface area contributed by atoms with E-state index in [1.165, 1.54) is 17.4 Å². The molecule has 3 aromatic carbocycles. The molecular weight excluding hydrogens is 538 g/mol. The molecule has 41 heavy (non-hydrogen) atoms. The highest BCUT2D eigenvalue weighted by molar-refractivity contribution is 7.15. The number of rotatable bonds is 7. The van der Waals surface area contributed by atoms with Crippen molar-refractivity contribution >= 4 is 34.8 Å². The fourth-order valence-electron chi connectivity index (χ4n) is 5.00. The predicted octanol–water partition coefficient (Wildman–Crippen LogP) is 6.34. The Morgan fingerprint density at radius 3 is 2.32 bits per heavy atom. The highest BCUT2D eigenvalue weighted by atomic mass is 32.1. The highest BCUT2D eigenvalue weighted by Crippen LogP contribution is 2.35. The number of benzene rings is 3. The van der Waals surface area contributed by atoms with Crippen molar-refractivity contribution in [3.8, 4) is 16.2 Å². The predicted molar refractivity (Wildman–Crippen MR) is 160 cm³/mol. The molecule has 0 spiro atoms. The molecule has 0 radical (unpaired) electrons. The number of carbonyl (C=O) groups is 3. The van der Waals surface area contributed by atoms with Crippen LogP contribution in [0.3, 0.4) is 0 Å². The Morgan fingerprint density at radius 1 is 1.00 bits per heavy atom. The lowest BCUT2D eigenvalue weighted by Gasteiger charge is -2.32. The lowest BCUT2D eigenvalue weighted by molar-refractivity contribution is 0.0690. The Balaban J connectivity index is 1.29. The number of nitrogens with one attached hydrogen (secondary N) is 1. The third-order valence-corrected chi connectivity index (χ3v) is 8.71. The van der Waals surface area contributed by atoms with Gasteiger partial charge in [0.1, 0.15) is 11.3 Å². The zero-order valence-corrected chi connectivity index (χ0v) is 23.7. The van der Waals surface area contributed by atoms with E-state index in [-0.39, 0.29) is 40.5 Å². The van der Waals surface area contributed by atoms with Crippen molar-refractivity contribution in [2.45, 2.75) is 38.5 Å². The summed E-state index contributed by atoms with van der Waals surface area (Å²) < 4.78 is 0. The number of amides is 2. The summed E-state index contributed by atoms with van der Waals surface area (Å²) in [6.45, 7) is 5.13. The molecule has 8 nitrogen and oxygen atoms in total. The second-order valence-electron chi connectivity index (χ2n) is 10.5. The number of anilines is 1. The van der Waals surface area contributed by atoms with E-state index in [9.17, 15) is 14.4 Å². The molecule has 1 aliphatic heterocycles. The number of thiazole rings is 1. The number of aromatic nitrogens is 1. The van der Waals surface area contributed by atoms with Gasteiger partial charge in [-0.2, -0.15) is 0 Å². The SMILES string of the molecule is CC(C)c1nc(C(=O)Nc2ccc([OH2+])c(C(=O)N3CCC(c4ccc(C(=O)O)cc4)CC3)c2)c(-c2ccccc2)s1. The lowest BCUT2D eigenvalue weighted by atomic mass is 9.88. The van der Waals surface area contributed by atoms with Crippen LogP contribution >= 0.6 is 11.3 Å². The second kappa shape index (κ2) is 11.9. The third kappa shape index (κ3) is 6.15. The number of likely N-dealkylation sites (tertiary alicyclic amines) is 1. The van der Waals surface area contributed by atoms with Gasteiger partial charge in [0, 0.05) is 30.8 Å². The quantitative estimate of drug-likeness (QED) is 0.251. The summed E-state index contributed by atoms with van der Waals surface area (Å²) in [4.78, 5) is 45.1. The normalized spacial score (nSPS) is 13.8. The number of carbonyl (C=O) groups excluding carboxylic acids is 2. The van der Waals surface area contributed by atoms with Gasteiger partial charge in [-0.25, -0.2) is 9.78 Å². The number of aromatic carboxylic acids is 1. The fraction of sp³-hybridized carbons (Fsp3) is 0.250. The first-order valence-electron chi connectivity index (χ1n) is 13.6. The van der Waals surface area contributed by atoms with Crippen LogP contribution < -0.4 is 5.32 Å². The fourth-order valence-corrected chi connectivity index (χ4v) is 6.07. The summed E-state index contributed by atoms with van der Waals surface area (Å²) in [6, 6.07) is 21.3. The van der Waals surface area contributed by atoms with Crippen LogP contribution in [0.4, 0.5) is 5.69 Å². The Labute approximate surface area is 242 Å². The summed E-state index contributed by atoms with van der Waals surface area (Å²) in [5.41, 5.74) is 3.23. The molecule has 4 N–H and O–H groups in total. The first-order valence-corrected chi connectivity index (χ1v) is 14.4. The summed E-state index contributed by atoms with van der Waals surface area (Å²) in [7, 11) is 0. The van der Waals surface area contributed by atoms with Gasteiger partial charge >= 0.3 is 5.97 Å². The molecule has 1 aliphatic rings. The van der Waals surface area contributed by atoms with Crippen molar-refractivity contribution in [2.75, 3.05) is 18.4 Å². The number of hydrogen-bond acceptors (Lipinski definition) is 5. The molecule has 2 heterocycles. The van der Waals surface area contributed by atoms with Crippen LogP contribution in [0, 0.1) is 0 Å². The molecule has 0 saturated carbocycles. The number of nitrogens with zero attached hydrogens (tertiary/aromatic N) is 2. The van der Waals surface area contributed by atoms with Gasteiger partial charge in [-0.3, -0.25) is 9.59 Å². The molecule has 0 atom stereocenters. The summed E-state index contributed by atoms with van der Waals surface area (Å²) in [5, 5.41) is 21.3. The molecule has 1 aromatic heterocycles. The maximum Gasteiger partial charge on any atom is 0.335 e. The molecule has 9 heteroatoms. The first kappa shape index (κ1) is 28.0. The minimum absolute atomic E-state index is 0.0973. The summed E-state index contributed by atoms with van der Waals surface area (Å²) in [6.07, 6.45) is 1.48. The molecule has 0 aliphatic carbocycles. The Hall–Kier alpha value is -4.50. The average Bonchev–Trinajstić information content (AvgIpc) is 3.45. The first-order chi connectivity index (χ1) is 19.7. The summed E-state index contributed by atoms with van der Waals surface area (Å²) >= 11 is 1.50. The second-order valence-corrected chi connectivity index (χ2v) is 11.5. The van der Waals surface area contributed by atoms with E-state index in [2.05, 4.69) is 10.3 Å². The molecule has 5 rings (SSSR count). The van der Waals surface area contributed by atoms with Crippen LogP contribution in [-0.4, -0.2) is 51.0 Å². The molecule has 4 aromatic rings. The van der Waals surface area contributed by atoms with Gasteiger partial charge in [0.05, 0.1) is 15.4 Å². The van der Waals surface area contributed by atoms with E-state index in [1.807, 2.05) is 56.3 Å². The van der Waals surface area contributed by atoms with Crippen LogP contribution in [0.15, 0.2) is 72.8 Å². The van der Waals surface area contributed by atoms with Crippen LogP contribution in [0.1, 0.15) is 80.3 Å². The van der Waals surface area contributed by atoms with Crippen LogP contribution in [0.2, 0.25) is 0 Å². The lowest BCUT2D eigenvalue weighted by Crippen LogP contribution is -2.38. The van der Waals surface area contributed by atoms with Gasteiger partial charge in [-0.15, -0.1) is 11.3 Å². The molecular formula is C32H32N3O5S+. The standard InChI is InChI=1S/C32H31N3O5S/c1-19(2)30-34-27(28(41-30)22-6-4-3-5-7-22)29(37)33-24-12-13-26(36)25(18-24)31(38)35-16-14-21(15-17-35)20-8-10-23(11-9-20)32(39)40/h3-13,18-19,21,36H,14-17H2,1-2H3,(H,33,37)(H,39,40)/p+1. The average molecular weight is 571 g/mol. The smallest absolute Gasteiger partial charge is 0.335 e. The Morgan fingerprint density at radius 2 is 1.68 bits per heavy atom. The maximum atomic E-state index is 13.4. The maximum absolute atomic E-state index is 13.4. The van der Waals surface area contributed by atoms with Gasteiger partial charge in [0.15, 0.2) is 0 Å². The number of hydrogen-bond donors (Lipinski definition) is 2. The zero-order valence-electron chi connectivity index (χ0n) is 22.9. The van der Waals surface area contributed by atoms with E-state index in [4.69, 9.17) is 10.2 Å². The van der Waals surface area contributed by atoms with E-state index >= 15 is 0 Å². The van der Waals surface area contributed by atoms with E-state index in [0.717, 1.165) is 33.9 Å². The van der Waals surface area contributed by atoms with E-state index in [1.54, 1.807) is 29.2 Å². The van der Waals surface area contributed by atoms with Gasteiger partial charge in [0.25, 0.3) is 17.6 Å². The minimum atomic E-state index is -0.954. The molecule has 1 fully saturated rings. The Bertz CT molecular complexity index is 1570. The largest absolute Gasteiger partial charge is 0.593 e. The molecule has 1 saturated heterocycles.